The van der Waals surface area contributed by atoms with Gasteiger partial charge in [0.1, 0.15) is 11.9 Å². The number of hydrogen-bond donors (Lipinski definition) is 3. The fourth-order valence-corrected chi connectivity index (χ4v) is 3.10. The topological polar surface area (TPSA) is 97.9 Å². The molecule has 0 fully saturated rings. The van der Waals surface area contributed by atoms with Crippen LogP contribution in [0.25, 0.3) is 0 Å². The third-order valence-electron chi connectivity index (χ3n) is 4.76. The molecule has 0 aliphatic carbocycles. The molecular weight excluding hydrogens is 417 g/mol. The van der Waals surface area contributed by atoms with Gasteiger partial charge in [0.05, 0.1) is 21.3 Å². The number of amides is 3. The summed E-state index contributed by atoms with van der Waals surface area (Å²) in [5, 5.41) is 8.21. The SMILES string of the molecule is CCCC(NC(=O)NCc1ccc(F)cc1)C(=O)NCc1cc(OC)c(OC)c(OC)c1. The summed E-state index contributed by atoms with van der Waals surface area (Å²) in [5.74, 6) is 0.787. The Labute approximate surface area is 187 Å². The molecule has 0 heterocycles. The second-order valence-corrected chi connectivity index (χ2v) is 7.05. The highest BCUT2D eigenvalue weighted by molar-refractivity contribution is 5.87. The number of hydrogen-bond acceptors (Lipinski definition) is 5. The van der Waals surface area contributed by atoms with E-state index in [1.165, 1.54) is 33.5 Å². The van der Waals surface area contributed by atoms with Crippen molar-refractivity contribution in [2.45, 2.75) is 38.9 Å². The molecule has 174 valence electrons. The lowest BCUT2D eigenvalue weighted by atomic mass is 10.1. The summed E-state index contributed by atoms with van der Waals surface area (Å²) in [5.41, 5.74) is 1.50. The first-order valence-electron chi connectivity index (χ1n) is 10.3. The van der Waals surface area contributed by atoms with Gasteiger partial charge in [-0.1, -0.05) is 25.5 Å². The monoisotopic (exact) mass is 447 g/mol. The predicted octanol–water partition coefficient (Wildman–Crippen LogP) is 3.14. The van der Waals surface area contributed by atoms with Gasteiger partial charge >= 0.3 is 6.03 Å². The van der Waals surface area contributed by atoms with Crippen LogP contribution >= 0.6 is 0 Å². The van der Waals surface area contributed by atoms with Crippen LogP contribution in [0.3, 0.4) is 0 Å². The molecule has 0 aliphatic heterocycles. The molecule has 1 unspecified atom stereocenters. The lowest BCUT2D eigenvalue weighted by Crippen LogP contribution is -2.49. The largest absolute Gasteiger partial charge is 0.493 e. The van der Waals surface area contributed by atoms with Gasteiger partial charge in [-0.2, -0.15) is 0 Å². The van der Waals surface area contributed by atoms with Crippen molar-refractivity contribution in [1.29, 1.82) is 0 Å². The average Bonchev–Trinajstić information content (AvgIpc) is 2.81. The summed E-state index contributed by atoms with van der Waals surface area (Å²) in [6.45, 7) is 2.37. The quantitative estimate of drug-likeness (QED) is 0.492. The molecule has 0 saturated heterocycles. The summed E-state index contributed by atoms with van der Waals surface area (Å²) in [7, 11) is 4.56. The summed E-state index contributed by atoms with van der Waals surface area (Å²) in [4.78, 5) is 25.0. The number of methoxy groups -OCH3 is 3. The number of urea groups is 1. The molecule has 0 radical (unpaired) electrons. The molecular formula is C23H30FN3O5. The van der Waals surface area contributed by atoms with Crippen molar-refractivity contribution in [1.82, 2.24) is 16.0 Å². The Balaban J connectivity index is 1.96. The van der Waals surface area contributed by atoms with Gasteiger partial charge in [0.15, 0.2) is 11.5 Å². The van der Waals surface area contributed by atoms with E-state index in [-0.39, 0.29) is 24.8 Å². The van der Waals surface area contributed by atoms with Crippen LogP contribution in [-0.2, 0) is 17.9 Å². The fourth-order valence-electron chi connectivity index (χ4n) is 3.10. The zero-order valence-corrected chi connectivity index (χ0v) is 18.8. The van der Waals surface area contributed by atoms with Gasteiger partial charge < -0.3 is 30.2 Å². The Morgan fingerprint density at radius 2 is 1.50 bits per heavy atom. The average molecular weight is 448 g/mol. The van der Waals surface area contributed by atoms with Crippen molar-refractivity contribution < 1.29 is 28.2 Å². The smallest absolute Gasteiger partial charge is 0.315 e. The number of carbonyl (C=O) groups excluding carboxylic acids is 2. The van der Waals surface area contributed by atoms with E-state index in [4.69, 9.17) is 14.2 Å². The van der Waals surface area contributed by atoms with E-state index >= 15 is 0 Å². The summed E-state index contributed by atoms with van der Waals surface area (Å²) in [6, 6.07) is 8.15. The maximum Gasteiger partial charge on any atom is 0.315 e. The lowest BCUT2D eigenvalue weighted by molar-refractivity contribution is -0.123. The number of rotatable bonds is 11. The van der Waals surface area contributed by atoms with Crippen LogP contribution in [0.5, 0.6) is 17.2 Å². The van der Waals surface area contributed by atoms with Gasteiger partial charge in [-0.15, -0.1) is 0 Å². The zero-order chi connectivity index (χ0) is 23.5. The van der Waals surface area contributed by atoms with Gasteiger partial charge in [-0.25, -0.2) is 9.18 Å². The third-order valence-corrected chi connectivity index (χ3v) is 4.76. The van der Waals surface area contributed by atoms with Crippen molar-refractivity contribution >= 4 is 11.9 Å². The Morgan fingerprint density at radius 1 is 0.906 bits per heavy atom. The van der Waals surface area contributed by atoms with E-state index < -0.39 is 12.1 Å². The molecule has 2 aromatic carbocycles. The van der Waals surface area contributed by atoms with Crippen LogP contribution < -0.4 is 30.2 Å². The summed E-state index contributed by atoms with van der Waals surface area (Å²) >= 11 is 0. The van der Waals surface area contributed by atoms with E-state index in [9.17, 15) is 14.0 Å². The van der Waals surface area contributed by atoms with E-state index in [1.54, 1.807) is 24.3 Å². The molecule has 32 heavy (non-hydrogen) atoms. The summed E-state index contributed by atoms with van der Waals surface area (Å²) < 4.78 is 28.9. The van der Waals surface area contributed by atoms with Crippen molar-refractivity contribution in [3.05, 3.63) is 53.3 Å². The highest BCUT2D eigenvalue weighted by Gasteiger charge is 2.20. The van der Waals surface area contributed by atoms with Crippen LogP contribution in [0.1, 0.15) is 30.9 Å². The number of nitrogens with one attached hydrogen (secondary N) is 3. The molecule has 1 atom stereocenters. The number of benzene rings is 2. The molecule has 3 amide bonds. The molecule has 0 spiro atoms. The molecule has 0 aromatic heterocycles. The van der Waals surface area contributed by atoms with Crippen LogP contribution in [-0.4, -0.2) is 39.3 Å². The first-order valence-corrected chi connectivity index (χ1v) is 10.3. The predicted molar refractivity (Wildman–Crippen MR) is 118 cm³/mol. The highest BCUT2D eigenvalue weighted by Crippen LogP contribution is 2.38. The standard InChI is InChI=1S/C23H30FN3O5/c1-5-6-18(27-23(29)26-13-15-7-9-17(24)10-8-15)22(28)25-14-16-11-19(30-2)21(32-4)20(12-16)31-3/h7-12,18H,5-6,13-14H2,1-4H3,(H,25,28)(H2,26,27,29). The lowest BCUT2D eigenvalue weighted by Gasteiger charge is -2.19. The second-order valence-electron chi connectivity index (χ2n) is 7.05. The molecule has 9 heteroatoms. The van der Waals surface area contributed by atoms with E-state index in [0.717, 1.165) is 11.1 Å². The summed E-state index contributed by atoms with van der Waals surface area (Å²) in [6.07, 6.45) is 1.19. The van der Waals surface area contributed by atoms with Gasteiger partial charge in [-0.05, 0) is 41.8 Å². The van der Waals surface area contributed by atoms with Crippen LogP contribution in [0.4, 0.5) is 9.18 Å². The van der Waals surface area contributed by atoms with Crippen LogP contribution in [0.15, 0.2) is 36.4 Å². The first-order chi connectivity index (χ1) is 15.4. The van der Waals surface area contributed by atoms with Gasteiger partial charge in [0.25, 0.3) is 0 Å². The van der Waals surface area contributed by atoms with Gasteiger partial charge in [-0.3, -0.25) is 4.79 Å². The Kier molecular flexibility index (Phi) is 9.59. The second kappa shape index (κ2) is 12.4. The number of halogens is 1. The molecule has 2 rings (SSSR count). The van der Waals surface area contributed by atoms with Crippen molar-refractivity contribution in [2.24, 2.45) is 0 Å². The third kappa shape index (κ3) is 7.04. The van der Waals surface area contributed by atoms with Crippen molar-refractivity contribution in [3.63, 3.8) is 0 Å². The Hall–Kier alpha value is -3.49. The normalized spacial score (nSPS) is 11.3. The van der Waals surface area contributed by atoms with Gasteiger partial charge in [0.2, 0.25) is 11.7 Å². The van der Waals surface area contributed by atoms with Crippen molar-refractivity contribution in [2.75, 3.05) is 21.3 Å². The van der Waals surface area contributed by atoms with Crippen LogP contribution in [0.2, 0.25) is 0 Å². The minimum atomic E-state index is -0.699. The minimum absolute atomic E-state index is 0.217. The van der Waals surface area contributed by atoms with E-state index in [0.29, 0.717) is 30.1 Å². The molecule has 2 aromatic rings. The molecule has 0 bridgehead atoms. The fraction of sp³-hybridized carbons (Fsp3) is 0.391. The molecule has 0 aliphatic rings. The molecule has 8 nitrogen and oxygen atoms in total. The first kappa shape index (κ1) is 24.8. The Morgan fingerprint density at radius 3 is 2.03 bits per heavy atom. The molecule has 3 N–H and O–H groups in total. The van der Waals surface area contributed by atoms with Gasteiger partial charge in [0, 0.05) is 13.1 Å². The number of ether oxygens (including phenoxy) is 3. The van der Waals surface area contributed by atoms with E-state index in [1.807, 2.05) is 6.92 Å². The minimum Gasteiger partial charge on any atom is -0.493 e. The maximum absolute atomic E-state index is 13.0. The molecule has 0 saturated carbocycles. The van der Waals surface area contributed by atoms with E-state index in [2.05, 4.69) is 16.0 Å². The zero-order valence-electron chi connectivity index (χ0n) is 18.8. The van der Waals surface area contributed by atoms with Crippen LogP contribution in [0, 0.1) is 5.82 Å². The highest BCUT2D eigenvalue weighted by atomic mass is 19.1. The maximum atomic E-state index is 13.0. The number of carbonyl (C=O) groups is 2. The Bertz CT molecular complexity index is 880. The van der Waals surface area contributed by atoms with Crippen molar-refractivity contribution in [3.8, 4) is 17.2 Å².